The first-order valence-corrected chi connectivity index (χ1v) is 7.74. The second-order valence-electron chi connectivity index (χ2n) is 5.87. The molecule has 2 heterocycles. The fourth-order valence-electron chi connectivity index (χ4n) is 2.99. The predicted molar refractivity (Wildman–Crippen MR) is 76.0 cm³/mol. The number of carbonyl (C=O) groups excluding carboxylic acids is 1. The number of nitriles is 1. The third-order valence-electron chi connectivity index (χ3n) is 4.44. The van der Waals surface area contributed by atoms with Crippen LogP contribution in [-0.2, 0) is 9.53 Å². The van der Waals surface area contributed by atoms with E-state index in [1.807, 2.05) is 6.92 Å². The molecule has 1 amide bonds. The van der Waals surface area contributed by atoms with Crippen LogP contribution in [0.5, 0.6) is 0 Å². The van der Waals surface area contributed by atoms with Crippen LogP contribution in [0.2, 0.25) is 0 Å². The van der Waals surface area contributed by atoms with Gasteiger partial charge in [-0.2, -0.15) is 5.26 Å². The minimum absolute atomic E-state index is 0.0228. The zero-order chi connectivity index (χ0) is 14.4. The smallest absolute Gasteiger partial charge is 0.238 e. The molecule has 0 aromatic carbocycles. The number of nitrogens with one attached hydrogen (secondary N) is 1. The van der Waals surface area contributed by atoms with Crippen molar-refractivity contribution in [2.75, 3.05) is 26.3 Å². The summed E-state index contributed by atoms with van der Waals surface area (Å²) in [6.07, 6.45) is 5.69. The van der Waals surface area contributed by atoms with Crippen LogP contribution in [-0.4, -0.2) is 49.2 Å². The van der Waals surface area contributed by atoms with Gasteiger partial charge in [0.2, 0.25) is 5.91 Å². The van der Waals surface area contributed by atoms with E-state index in [4.69, 9.17) is 4.74 Å². The van der Waals surface area contributed by atoms with E-state index >= 15 is 0 Å². The average molecular weight is 279 g/mol. The highest BCUT2D eigenvalue weighted by Gasteiger charge is 2.30. The number of amides is 1. The largest absolute Gasteiger partial charge is 0.381 e. The number of likely N-dealkylation sites (tertiary alicyclic amines) is 1. The lowest BCUT2D eigenvalue weighted by Gasteiger charge is -2.28. The van der Waals surface area contributed by atoms with Crippen molar-refractivity contribution in [2.45, 2.75) is 51.1 Å². The monoisotopic (exact) mass is 279 g/mol. The van der Waals surface area contributed by atoms with Crippen molar-refractivity contribution in [3.8, 4) is 6.07 Å². The third kappa shape index (κ3) is 3.94. The average Bonchev–Trinajstić information content (AvgIpc) is 2.85. The molecule has 0 saturated carbocycles. The molecule has 5 nitrogen and oxygen atoms in total. The molecule has 112 valence electrons. The summed E-state index contributed by atoms with van der Waals surface area (Å²) in [7, 11) is 0. The standard InChI is InChI=1S/C15H25N3O2/c1-12(18-7-4-2-3-5-8-18)15(19)17-14(10-16)13-6-9-20-11-13/h12-14H,2-9,11H2,1H3,(H,17,19)/t12-,13-,14+/m1/s1. The van der Waals surface area contributed by atoms with E-state index in [9.17, 15) is 10.1 Å². The molecular weight excluding hydrogens is 254 g/mol. The Morgan fingerprint density at radius 3 is 2.60 bits per heavy atom. The van der Waals surface area contributed by atoms with Crippen LogP contribution in [0.4, 0.5) is 0 Å². The Morgan fingerprint density at radius 2 is 2.05 bits per heavy atom. The normalized spacial score (nSPS) is 27.3. The molecule has 5 heteroatoms. The van der Waals surface area contributed by atoms with Crippen LogP contribution in [0.15, 0.2) is 0 Å². The Morgan fingerprint density at radius 1 is 1.35 bits per heavy atom. The van der Waals surface area contributed by atoms with Crippen molar-refractivity contribution >= 4 is 5.91 Å². The van der Waals surface area contributed by atoms with Gasteiger partial charge >= 0.3 is 0 Å². The lowest BCUT2D eigenvalue weighted by Crippen LogP contribution is -2.50. The lowest BCUT2D eigenvalue weighted by atomic mass is 10.00. The maximum atomic E-state index is 12.3. The molecule has 2 saturated heterocycles. The van der Waals surface area contributed by atoms with Gasteiger partial charge in [-0.1, -0.05) is 12.8 Å². The molecular formula is C15H25N3O2. The number of nitrogens with zero attached hydrogens (tertiary/aromatic N) is 2. The van der Waals surface area contributed by atoms with Crippen molar-refractivity contribution in [1.29, 1.82) is 5.26 Å². The van der Waals surface area contributed by atoms with E-state index in [1.54, 1.807) is 0 Å². The highest BCUT2D eigenvalue weighted by Crippen LogP contribution is 2.17. The molecule has 20 heavy (non-hydrogen) atoms. The van der Waals surface area contributed by atoms with E-state index < -0.39 is 6.04 Å². The van der Waals surface area contributed by atoms with E-state index in [0.29, 0.717) is 13.2 Å². The van der Waals surface area contributed by atoms with E-state index in [2.05, 4.69) is 16.3 Å². The van der Waals surface area contributed by atoms with Crippen molar-refractivity contribution in [1.82, 2.24) is 10.2 Å². The summed E-state index contributed by atoms with van der Waals surface area (Å²) in [6.45, 7) is 5.19. The first kappa shape index (κ1) is 15.3. The molecule has 0 radical (unpaired) electrons. The van der Waals surface area contributed by atoms with Crippen molar-refractivity contribution in [2.24, 2.45) is 5.92 Å². The molecule has 2 aliphatic heterocycles. The summed E-state index contributed by atoms with van der Waals surface area (Å²) in [4.78, 5) is 14.6. The van der Waals surface area contributed by atoms with E-state index in [1.165, 1.54) is 12.8 Å². The van der Waals surface area contributed by atoms with Gasteiger partial charge in [0.05, 0.1) is 18.7 Å². The molecule has 0 aromatic rings. The van der Waals surface area contributed by atoms with Crippen LogP contribution in [0.25, 0.3) is 0 Å². The zero-order valence-corrected chi connectivity index (χ0v) is 12.3. The van der Waals surface area contributed by atoms with Gasteiger partial charge in [0.1, 0.15) is 6.04 Å². The van der Waals surface area contributed by atoms with Crippen LogP contribution in [0.3, 0.4) is 0 Å². The first-order chi connectivity index (χ1) is 9.72. The van der Waals surface area contributed by atoms with Gasteiger partial charge in [-0.05, 0) is 39.3 Å². The van der Waals surface area contributed by atoms with Crippen LogP contribution >= 0.6 is 0 Å². The molecule has 0 aliphatic carbocycles. The number of ether oxygens (including phenoxy) is 1. The quantitative estimate of drug-likeness (QED) is 0.842. The second-order valence-corrected chi connectivity index (χ2v) is 5.87. The second kappa shape index (κ2) is 7.61. The van der Waals surface area contributed by atoms with E-state index in [0.717, 1.165) is 32.4 Å². The van der Waals surface area contributed by atoms with Gasteiger partial charge in [0.25, 0.3) is 0 Å². The minimum Gasteiger partial charge on any atom is -0.381 e. The van der Waals surface area contributed by atoms with Gasteiger partial charge in [-0.3, -0.25) is 9.69 Å². The summed E-state index contributed by atoms with van der Waals surface area (Å²) in [5.74, 6) is 0.116. The van der Waals surface area contributed by atoms with Gasteiger partial charge in [0.15, 0.2) is 0 Å². The molecule has 0 aromatic heterocycles. The molecule has 0 bridgehead atoms. The number of hydrogen-bond donors (Lipinski definition) is 1. The van der Waals surface area contributed by atoms with Crippen LogP contribution < -0.4 is 5.32 Å². The number of rotatable bonds is 4. The lowest BCUT2D eigenvalue weighted by molar-refractivity contribution is -0.126. The maximum absolute atomic E-state index is 12.3. The van der Waals surface area contributed by atoms with Crippen LogP contribution in [0, 0.1) is 17.2 Å². The highest BCUT2D eigenvalue weighted by atomic mass is 16.5. The summed E-state index contributed by atoms with van der Waals surface area (Å²) >= 11 is 0. The summed E-state index contributed by atoms with van der Waals surface area (Å²) in [5, 5.41) is 12.1. The SMILES string of the molecule is C[C@H](C(=O)N[C@@H](C#N)[C@@H]1CCOC1)N1CCCCCC1. The molecule has 2 aliphatic rings. The number of hydrogen-bond acceptors (Lipinski definition) is 4. The zero-order valence-electron chi connectivity index (χ0n) is 12.3. The Kier molecular flexibility index (Phi) is 5.81. The molecule has 0 unspecified atom stereocenters. The van der Waals surface area contributed by atoms with Crippen molar-refractivity contribution < 1.29 is 9.53 Å². The van der Waals surface area contributed by atoms with Crippen molar-refractivity contribution in [3.05, 3.63) is 0 Å². The Bertz CT molecular complexity index is 353. The summed E-state index contributed by atoms with van der Waals surface area (Å²) in [6, 6.07) is 1.65. The first-order valence-electron chi connectivity index (χ1n) is 7.74. The highest BCUT2D eigenvalue weighted by molar-refractivity contribution is 5.81. The fraction of sp³-hybridized carbons (Fsp3) is 0.867. The molecule has 3 atom stereocenters. The predicted octanol–water partition coefficient (Wildman–Crippen LogP) is 1.30. The van der Waals surface area contributed by atoms with Crippen molar-refractivity contribution in [3.63, 3.8) is 0 Å². The number of carbonyl (C=O) groups is 1. The molecule has 0 spiro atoms. The Labute approximate surface area is 121 Å². The van der Waals surface area contributed by atoms with Gasteiger partial charge in [-0.25, -0.2) is 0 Å². The summed E-state index contributed by atoms with van der Waals surface area (Å²) in [5.41, 5.74) is 0. The van der Waals surface area contributed by atoms with Gasteiger partial charge in [-0.15, -0.1) is 0 Å². The Hall–Kier alpha value is -1.12. The fourth-order valence-corrected chi connectivity index (χ4v) is 2.99. The topological polar surface area (TPSA) is 65.4 Å². The Balaban J connectivity index is 1.87. The maximum Gasteiger partial charge on any atom is 0.238 e. The third-order valence-corrected chi connectivity index (χ3v) is 4.44. The van der Waals surface area contributed by atoms with Gasteiger partial charge < -0.3 is 10.1 Å². The summed E-state index contributed by atoms with van der Waals surface area (Å²) < 4.78 is 5.30. The molecule has 2 rings (SSSR count). The minimum atomic E-state index is -0.417. The van der Waals surface area contributed by atoms with Crippen LogP contribution in [0.1, 0.15) is 39.0 Å². The van der Waals surface area contributed by atoms with Gasteiger partial charge in [0, 0.05) is 12.5 Å². The molecule has 2 fully saturated rings. The molecule has 1 N–H and O–H groups in total. The van der Waals surface area contributed by atoms with E-state index in [-0.39, 0.29) is 17.9 Å².